The van der Waals surface area contributed by atoms with Crippen molar-refractivity contribution < 1.29 is 24.3 Å². The molecule has 11 nitrogen and oxygen atoms in total. The van der Waals surface area contributed by atoms with Crippen molar-refractivity contribution in [2.24, 2.45) is 11.7 Å². The standard InChI is InChI=1S/C30H36N6O5S/c1-16(2)26(30(40)41)36-28(38)24(12-18-14-33-23-10-6-4-8-20(18)23)34-29(39)25(15-42)35-27(37)21(31)11-17-13-32-22-9-5-3-7-19(17)22/h3-10,13-14,16,21,24-26,32-33,42H,11-12,15,31H2,1-2H3,(H,34,39)(H,35,37)(H,36,38)(H,40,41). The molecule has 0 spiro atoms. The number of H-pyrrole nitrogens is 2. The third kappa shape index (κ3) is 7.12. The summed E-state index contributed by atoms with van der Waals surface area (Å²) in [6.07, 6.45) is 3.87. The summed E-state index contributed by atoms with van der Waals surface area (Å²) >= 11 is 4.25. The lowest BCUT2D eigenvalue weighted by atomic mass is 10.0. The molecule has 0 radical (unpaired) electrons. The predicted molar refractivity (Wildman–Crippen MR) is 164 cm³/mol. The topological polar surface area (TPSA) is 182 Å². The van der Waals surface area contributed by atoms with Crippen LogP contribution in [0.4, 0.5) is 0 Å². The van der Waals surface area contributed by atoms with Crippen LogP contribution in [-0.2, 0) is 32.0 Å². The van der Waals surface area contributed by atoms with E-state index in [1.165, 1.54) is 0 Å². The number of thiol groups is 1. The minimum absolute atomic E-state index is 0.0530. The van der Waals surface area contributed by atoms with Gasteiger partial charge < -0.3 is 36.8 Å². The first-order valence-electron chi connectivity index (χ1n) is 13.7. The molecular formula is C30H36N6O5S. The van der Waals surface area contributed by atoms with Gasteiger partial charge in [-0.15, -0.1) is 0 Å². The molecule has 2 aromatic heterocycles. The monoisotopic (exact) mass is 592 g/mol. The van der Waals surface area contributed by atoms with Gasteiger partial charge in [0.05, 0.1) is 6.04 Å². The van der Waals surface area contributed by atoms with Crippen LogP contribution in [0.25, 0.3) is 21.8 Å². The number of aromatic nitrogens is 2. The highest BCUT2D eigenvalue weighted by molar-refractivity contribution is 7.80. The molecule has 0 saturated carbocycles. The Morgan fingerprint density at radius 1 is 0.786 bits per heavy atom. The van der Waals surface area contributed by atoms with E-state index in [-0.39, 0.29) is 24.5 Å². The van der Waals surface area contributed by atoms with Crippen LogP contribution in [0.1, 0.15) is 25.0 Å². The van der Waals surface area contributed by atoms with Gasteiger partial charge in [-0.1, -0.05) is 50.2 Å². The van der Waals surface area contributed by atoms with Gasteiger partial charge in [0.1, 0.15) is 18.1 Å². The molecule has 4 atom stereocenters. The summed E-state index contributed by atoms with van der Waals surface area (Å²) in [7, 11) is 0. The fourth-order valence-corrected chi connectivity index (χ4v) is 5.13. The summed E-state index contributed by atoms with van der Waals surface area (Å²) in [6.45, 7) is 3.36. The van der Waals surface area contributed by atoms with Gasteiger partial charge in [-0.2, -0.15) is 12.6 Å². The zero-order chi connectivity index (χ0) is 30.4. The normalized spacial score (nSPS) is 14.3. The van der Waals surface area contributed by atoms with E-state index in [9.17, 15) is 24.3 Å². The summed E-state index contributed by atoms with van der Waals surface area (Å²) in [5, 5.41) is 19.3. The number of fused-ring (bicyclic) bond motifs is 2. The number of carbonyl (C=O) groups is 4. The van der Waals surface area contributed by atoms with Crippen molar-refractivity contribution in [1.82, 2.24) is 25.9 Å². The van der Waals surface area contributed by atoms with E-state index < -0.39 is 47.9 Å². The molecule has 0 bridgehead atoms. The minimum atomic E-state index is -1.18. The van der Waals surface area contributed by atoms with E-state index in [1.54, 1.807) is 26.2 Å². The highest BCUT2D eigenvalue weighted by Crippen LogP contribution is 2.20. The van der Waals surface area contributed by atoms with Crippen LogP contribution in [0.3, 0.4) is 0 Å². The average Bonchev–Trinajstić information content (AvgIpc) is 3.57. The summed E-state index contributed by atoms with van der Waals surface area (Å²) < 4.78 is 0. The lowest BCUT2D eigenvalue weighted by Gasteiger charge is -2.25. The zero-order valence-electron chi connectivity index (χ0n) is 23.4. The maximum absolute atomic E-state index is 13.4. The maximum Gasteiger partial charge on any atom is 0.326 e. The van der Waals surface area contributed by atoms with Crippen molar-refractivity contribution in [2.45, 2.75) is 50.9 Å². The van der Waals surface area contributed by atoms with Gasteiger partial charge in [0.2, 0.25) is 17.7 Å². The first kappa shape index (κ1) is 30.7. The highest BCUT2D eigenvalue weighted by Gasteiger charge is 2.31. The van der Waals surface area contributed by atoms with Crippen LogP contribution in [0, 0.1) is 5.92 Å². The number of nitrogens with two attached hydrogens (primary N) is 1. The Balaban J connectivity index is 1.48. The van der Waals surface area contributed by atoms with Crippen molar-refractivity contribution in [3.8, 4) is 0 Å². The number of carboxylic acids is 1. The SMILES string of the molecule is CC(C)C(NC(=O)C(Cc1c[nH]c2ccccc12)NC(=O)C(CS)NC(=O)C(N)Cc1c[nH]c2ccccc12)C(=O)O. The number of para-hydroxylation sites is 2. The van der Waals surface area contributed by atoms with Gasteiger partial charge in [0.25, 0.3) is 0 Å². The molecule has 0 aliphatic rings. The van der Waals surface area contributed by atoms with Gasteiger partial charge in [0.15, 0.2) is 0 Å². The molecule has 2 aromatic carbocycles. The van der Waals surface area contributed by atoms with Crippen LogP contribution in [-0.4, -0.2) is 68.7 Å². The molecule has 0 aliphatic heterocycles. The molecule has 4 unspecified atom stereocenters. The maximum atomic E-state index is 13.4. The van der Waals surface area contributed by atoms with Crippen LogP contribution >= 0.6 is 12.6 Å². The Morgan fingerprint density at radius 3 is 1.81 bits per heavy atom. The molecule has 42 heavy (non-hydrogen) atoms. The Labute approximate surface area is 248 Å². The largest absolute Gasteiger partial charge is 0.480 e. The second-order valence-corrected chi connectivity index (χ2v) is 11.0. The first-order valence-corrected chi connectivity index (χ1v) is 14.3. The van der Waals surface area contributed by atoms with Gasteiger partial charge in [-0.3, -0.25) is 14.4 Å². The van der Waals surface area contributed by atoms with E-state index in [1.807, 2.05) is 48.5 Å². The van der Waals surface area contributed by atoms with Gasteiger partial charge in [-0.05, 0) is 35.6 Å². The molecule has 0 fully saturated rings. The fraction of sp³-hybridized carbons (Fsp3) is 0.333. The van der Waals surface area contributed by atoms with E-state index >= 15 is 0 Å². The van der Waals surface area contributed by atoms with Crippen LogP contribution in [0.5, 0.6) is 0 Å². The van der Waals surface area contributed by atoms with E-state index in [0.717, 1.165) is 32.9 Å². The van der Waals surface area contributed by atoms with E-state index in [2.05, 4.69) is 38.5 Å². The Kier molecular flexibility index (Phi) is 9.92. The summed E-state index contributed by atoms with van der Waals surface area (Å²) in [6, 6.07) is 10.9. The van der Waals surface area contributed by atoms with Crippen molar-refractivity contribution in [1.29, 1.82) is 0 Å². The number of aromatic amines is 2. The number of benzene rings is 2. The number of nitrogens with one attached hydrogen (secondary N) is 5. The third-order valence-corrected chi connectivity index (χ3v) is 7.59. The average molecular weight is 593 g/mol. The van der Waals surface area contributed by atoms with Crippen molar-refractivity contribution in [2.75, 3.05) is 5.75 Å². The smallest absolute Gasteiger partial charge is 0.326 e. The fourth-order valence-electron chi connectivity index (χ4n) is 4.87. The minimum Gasteiger partial charge on any atom is -0.480 e. The number of carboxylic acid groups (broad SMARTS) is 1. The van der Waals surface area contributed by atoms with Gasteiger partial charge in [-0.25, -0.2) is 4.79 Å². The quantitative estimate of drug-likeness (QED) is 0.110. The van der Waals surface area contributed by atoms with E-state index in [4.69, 9.17) is 5.73 Å². The molecule has 2 heterocycles. The number of aliphatic carboxylic acids is 1. The molecule has 0 saturated heterocycles. The van der Waals surface area contributed by atoms with Crippen molar-refractivity contribution >= 4 is 58.1 Å². The molecule has 0 aliphatic carbocycles. The van der Waals surface area contributed by atoms with Crippen molar-refractivity contribution in [3.05, 3.63) is 72.1 Å². The first-order chi connectivity index (χ1) is 20.1. The highest BCUT2D eigenvalue weighted by atomic mass is 32.1. The number of hydrogen-bond donors (Lipinski definition) is 8. The van der Waals surface area contributed by atoms with Gasteiger partial charge >= 0.3 is 5.97 Å². The Morgan fingerprint density at radius 2 is 1.29 bits per heavy atom. The second-order valence-electron chi connectivity index (χ2n) is 10.6. The predicted octanol–water partition coefficient (Wildman–Crippen LogP) is 1.89. The molecule has 4 aromatic rings. The van der Waals surface area contributed by atoms with Crippen LogP contribution < -0.4 is 21.7 Å². The lowest BCUT2D eigenvalue weighted by Crippen LogP contribution is -2.58. The molecule has 8 N–H and O–H groups in total. The second kappa shape index (κ2) is 13.6. The Hall–Kier alpha value is -4.29. The molecule has 4 rings (SSSR count). The number of hydrogen-bond acceptors (Lipinski definition) is 6. The molecular weight excluding hydrogens is 556 g/mol. The molecule has 3 amide bonds. The Bertz CT molecular complexity index is 1580. The van der Waals surface area contributed by atoms with Crippen LogP contribution in [0.15, 0.2) is 60.9 Å². The van der Waals surface area contributed by atoms with Crippen LogP contribution in [0.2, 0.25) is 0 Å². The lowest BCUT2D eigenvalue weighted by molar-refractivity contribution is -0.143. The van der Waals surface area contributed by atoms with Gasteiger partial charge in [0, 0.05) is 46.4 Å². The van der Waals surface area contributed by atoms with E-state index in [0.29, 0.717) is 0 Å². The third-order valence-electron chi connectivity index (χ3n) is 7.23. The summed E-state index contributed by atoms with van der Waals surface area (Å²) in [4.78, 5) is 57.8. The summed E-state index contributed by atoms with van der Waals surface area (Å²) in [5.41, 5.74) is 9.61. The number of amides is 3. The molecule has 12 heteroatoms. The summed E-state index contributed by atoms with van der Waals surface area (Å²) in [5.74, 6) is -3.47. The molecule has 222 valence electrons. The van der Waals surface area contributed by atoms with Crippen molar-refractivity contribution in [3.63, 3.8) is 0 Å². The zero-order valence-corrected chi connectivity index (χ0v) is 24.3. The number of carbonyl (C=O) groups excluding carboxylic acids is 3. The number of rotatable bonds is 13.